The molecule has 59 heavy (non-hydrogen) atoms. The van der Waals surface area contributed by atoms with E-state index in [9.17, 15) is 0 Å². The number of likely N-dealkylation sites (tertiary alicyclic amines) is 1. The Morgan fingerprint density at radius 2 is 1.44 bits per heavy atom. The van der Waals surface area contributed by atoms with Crippen LogP contribution in [-0.2, 0) is 9.47 Å². The molecule has 17 aliphatic rings. The van der Waals surface area contributed by atoms with E-state index in [1.54, 1.807) is 17.2 Å². The molecule has 1 heterocycles. The van der Waals surface area contributed by atoms with E-state index < -0.39 is 8.07 Å². The summed E-state index contributed by atoms with van der Waals surface area (Å²) in [7, 11) is 0.398. The third kappa shape index (κ3) is 3.14. The summed E-state index contributed by atoms with van der Waals surface area (Å²) in [6.45, 7) is 12.1. The molecule has 1 aliphatic heterocycles. The van der Waals surface area contributed by atoms with Crippen LogP contribution in [0.3, 0.4) is 0 Å². The van der Waals surface area contributed by atoms with Crippen LogP contribution in [0.4, 0.5) is 0 Å². The Morgan fingerprint density at radius 3 is 2.27 bits per heavy atom. The Labute approximate surface area is 352 Å². The summed E-state index contributed by atoms with van der Waals surface area (Å²) in [5.74, 6) is 21.1. The average molecular weight is 798 g/mol. The summed E-state index contributed by atoms with van der Waals surface area (Å²) >= 11 is 0. The maximum absolute atomic E-state index is 6.41. The summed E-state index contributed by atoms with van der Waals surface area (Å²) in [6.07, 6.45) is 15.0. The Balaban J connectivity index is 0.917. The van der Waals surface area contributed by atoms with Gasteiger partial charge in [-0.2, -0.15) is 0 Å². The molecule has 0 amide bonds. The summed E-state index contributed by atoms with van der Waals surface area (Å²) in [5.41, 5.74) is 18.6. The van der Waals surface area contributed by atoms with Crippen LogP contribution in [0.15, 0.2) is 81.0 Å². The van der Waals surface area contributed by atoms with Crippen LogP contribution >= 0.6 is 0 Å². The first-order valence-corrected chi connectivity index (χ1v) is 28.9. The number of benzene rings is 1. The lowest BCUT2D eigenvalue weighted by Crippen LogP contribution is -2.56. The Hall–Kier alpha value is -1.98. The minimum Gasteiger partial charge on any atom is -0.382 e. The second-order valence-corrected chi connectivity index (χ2v) is 30.9. The van der Waals surface area contributed by atoms with E-state index in [0.29, 0.717) is 25.2 Å². The summed E-state index contributed by atoms with van der Waals surface area (Å²) in [5, 5.41) is 1.62. The molecular weight excluding hydrogens is 735 g/mol. The molecule has 0 bridgehead atoms. The lowest BCUT2D eigenvalue weighted by molar-refractivity contribution is -0.108. The van der Waals surface area contributed by atoms with Gasteiger partial charge in [0.25, 0.3) is 0 Å². The normalized spacial score (nSPS) is 57.9. The Kier molecular flexibility index (Phi) is 5.47. The third-order valence-electron chi connectivity index (χ3n) is 24.2. The van der Waals surface area contributed by atoms with Crippen molar-refractivity contribution in [2.24, 2.45) is 136 Å². The molecule has 1 spiro atoms. The fourth-order valence-corrected chi connectivity index (χ4v) is 25.6. The van der Waals surface area contributed by atoms with Crippen molar-refractivity contribution in [3.8, 4) is 0 Å². The van der Waals surface area contributed by atoms with E-state index >= 15 is 0 Å². The highest BCUT2D eigenvalue weighted by molar-refractivity contribution is 6.88. The highest BCUT2D eigenvalue weighted by Crippen LogP contribution is 2.91. The standard InChI is InChI=1S/C55H63NO2Si/c1-57-11-12-58-10-9-56-21-32-31-19-28-17-25-15-26-14-23-13-24-16-27-18-29-20-55(32,54(56)22-5-7-30(8-6-22)59(2,3)4)53-39(29)44-38(27)43-34(24)33(23)41-37(26)42-35(25)36(28)45-40(31)52(53)51-49(44)47(43)46(41)48(42)50(45)51/h5-8,14,18,23-25,29,32-35,37-39,41-51,54H,9-13,15-17,19-21H2,1-4H3. The molecule has 0 aromatic heterocycles. The van der Waals surface area contributed by atoms with Gasteiger partial charge in [0, 0.05) is 43.5 Å². The van der Waals surface area contributed by atoms with Gasteiger partial charge in [-0.3, -0.25) is 4.90 Å². The molecule has 304 valence electrons. The molecule has 0 N–H and O–H groups in total. The maximum atomic E-state index is 6.41. The van der Waals surface area contributed by atoms with Crippen molar-refractivity contribution in [3.63, 3.8) is 0 Å². The third-order valence-corrected chi connectivity index (χ3v) is 26.3. The van der Waals surface area contributed by atoms with E-state index in [2.05, 4.69) is 94.4 Å². The van der Waals surface area contributed by atoms with Crippen LogP contribution in [-0.4, -0.2) is 53.0 Å². The van der Waals surface area contributed by atoms with Crippen molar-refractivity contribution in [2.75, 3.05) is 40.0 Å². The summed E-state index contributed by atoms with van der Waals surface area (Å²) < 4.78 is 11.9. The molecule has 18 rings (SSSR count). The van der Waals surface area contributed by atoms with Gasteiger partial charge in [-0.25, -0.2) is 0 Å². The van der Waals surface area contributed by atoms with Crippen molar-refractivity contribution in [1.82, 2.24) is 4.90 Å². The number of hydrogen-bond donors (Lipinski definition) is 0. The lowest BCUT2D eigenvalue weighted by Gasteiger charge is -2.60. The Morgan fingerprint density at radius 1 is 0.695 bits per heavy atom. The zero-order valence-electron chi connectivity index (χ0n) is 35.8. The van der Waals surface area contributed by atoms with Gasteiger partial charge in [-0.15, -0.1) is 0 Å². The maximum Gasteiger partial charge on any atom is 0.0775 e. The van der Waals surface area contributed by atoms with Gasteiger partial charge in [0.15, 0.2) is 0 Å². The number of hydrogen-bond acceptors (Lipinski definition) is 3. The topological polar surface area (TPSA) is 21.7 Å². The predicted molar refractivity (Wildman–Crippen MR) is 231 cm³/mol. The average Bonchev–Trinajstić information content (AvgIpc) is 4.08. The quantitative estimate of drug-likeness (QED) is 0.149. The minimum atomic E-state index is -1.42. The smallest absolute Gasteiger partial charge is 0.0775 e. The molecule has 1 saturated heterocycles. The molecule has 4 heteroatoms. The van der Waals surface area contributed by atoms with Gasteiger partial charge in [-0.1, -0.05) is 94.7 Å². The minimum absolute atomic E-state index is 0.238. The molecule has 24 unspecified atom stereocenters. The van der Waals surface area contributed by atoms with Crippen molar-refractivity contribution in [2.45, 2.75) is 64.2 Å². The molecular formula is C55H63NO2Si. The highest BCUT2D eigenvalue weighted by Gasteiger charge is 2.86. The molecule has 3 nitrogen and oxygen atoms in total. The van der Waals surface area contributed by atoms with Gasteiger partial charge in [0.05, 0.1) is 27.9 Å². The second kappa shape index (κ2) is 9.88. The van der Waals surface area contributed by atoms with Crippen molar-refractivity contribution in [3.05, 3.63) is 86.6 Å². The number of allylic oxidation sites excluding steroid dienone is 8. The number of ether oxygens (including phenoxy) is 2. The van der Waals surface area contributed by atoms with E-state index in [1.165, 1.54) is 38.6 Å². The van der Waals surface area contributed by atoms with Crippen molar-refractivity contribution in [1.29, 1.82) is 0 Å². The van der Waals surface area contributed by atoms with E-state index in [1.807, 2.05) is 18.3 Å². The number of fused-ring (bicyclic) bond motifs is 1. The molecule has 1 aromatic rings. The van der Waals surface area contributed by atoms with Crippen LogP contribution in [0, 0.1) is 136 Å². The van der Waals surface area contributed by atoms with E-state index in [-0.39, 0.29) is 5.41 Å². The zero-order valence-corrected chi connectivity index (χ0v) is 36.8. The summed E-state index contributed by atoms with van der Waals surface area (Å²) in [6, 6.07) is 11.0. The largest absolute Gasteiger partial charge is 0.382 e. The van der Waals surface area contributed by atoms with Gasteiger partial charge in [0.1, 0.15) is 0 Å². The number of nitrogens with zero attached hydrogens (tertiary/aromatic N) is 1. The fourth-order valence-electron chi connectivity index (χ4n) is 24.5. The zero-order chi connectivity index (χ0) is 38.1. The first-order chi connectivity index (χ1) is 28.9. The second-order valence-electron chi connectivity index (χ2n) is 25.8. The first-order valence-electron chi connectivity index (χ1n) is 25.4. The van der Waals surface area contributed by atoms with Gasteiger partial charge < -0.3 is 9.47 Å². The fraction of sp³-hybridized carbons (Fsp3) is 0.709. The van der Waals surface area contributed by atoms with Gasteiger partial charge in [-0.05, 0) is 174 Å². The molecule has 11 fully saturated rings. The summed E-state index contributed by atoms with van der Waals surface area (Å²) in [4.78, 5) is 3.05. The van der Waals surface area contributed by atoms with Crippen LogP contribution in [0.5, 0.6) is 0 Å². The van der Waals surface area contributed by atoms with Gasteiger partial charge >= 0.3 is 0 Å². The van der Waals surface area contributed by atoms with Crippen LogP contribution in [0.1, 0.15) is 50.1 Å². The van der Waals surface area contributed by atoms with Crippen molar-refractivity contribution < 1.29 is 9.47 Å². The Bertz CT molecular complexity index is 2430. The molecule has 24 atom stereocenters. The van der Waals surface area contributed by atoms with Crippen LogP contribution < -0.4 is 5.19 Å². The number of rotatable bonds is 8. The monoisotopic (exact) mass is 797 g/mol. The first kappa shape index (κ1) is 32.7. The molecule has 16 aliphatic carbocycles. The SMILES string of the molecule is COCCOCCN1CC2C3=C4C5=C6C7C(C=C8CC9CC%10C=C%11CC%12CC(=C%13C4C4C5C5C7C8C7C9C%10C8C%11C(C%13%12)C4C8C57)C3)CC62C1c1ccc([Si](C)(C)C)cc1. The van der Waals surface area contributed by atoms with E-state index in [4.69, 9.17) is 9.47 Å². The molecule has 0 radical (unpaired) electrons. The van der Waals surface area contributed by atoms with E-state index in [0.717, 1.165) is 137 Å². The highest BCUT2D eigenvalue weighted by atomic mass is 28.3. The predicted octanol–water partition coefficient (Wildman–Crippen LogP) is 9.10. The van der Waals surface area contributed by atoms with Crippen LogP contribution in [0.25, 0.3) is 0 Å². The lowest BCUT2D eigenvalue weighted by atomic mass is 9.44. The number of methoxy groups -OCH3 is 1. The molecule has 10 saturated carbocycles. The van der Waals surface area contributed by atoms with Crippen LogP contribution in [0.2, 0.25) is 19.6 Å². The van der Waals surface area contributed by atoms with Gasteiger partial charge in [0.2, 0.25) is 0 Å². The van der Waals surface area contributed by atoms with Crippen molar-refractivity contribution >= 4 is 13.3 Å². The molecule has 1 aromatic carbocycles.